The van der Waals surface area contributed by atoms with Crippen LogP contribution in [0.1, 0.15) is 28.4 Å². The predicted octanol–water partition coefficient (Wildman–Crippen LogP) is 2.85. The molecule has 110 valence electrons. The Morgan fingerprint density at radius 1 is 1.00 bits per heavy atom. The maximum Gasteiger partial charge on any atom is 0.254 e. The van der Waals surface area contributed by atoms with Gasteiger partial charge in [0.05, 0.1) is 0 Å². The van der Waals surface area contributed by atoms with Crippen molar-refractivity contribution < 1.29 is 4.79 Å². The minimum atomic E-state index is 0.0342. The van der Waals surface area contributed by atoms with Gasteiger partial charge in [-0.25, -0.2) is 0 Å². The van der Waals surface area contributed by atoms with Crippen LogP contribution in [-0.4, -0.2) is 23.9 Å². The second-order valence-corrected chi connectivity index (χ2v) is 5.05. The van der Waals surface area contributed by atoms with E-state index in [0.717, 1.165) is 17.5 Å². The lowest BCUT2D eigenvalue weighted by molar-refractivity contribution is 0.0748. The van der Waals surface area contributed by atoms with Gasteiger partial charge in [-0.15, -0.1) is 0 Å². The first-order chi connectivity index (χ1) is 10.2. The summed E-state index contributed by atoms with van der Waals surface area (Å²) in [6, 6.07) is 17.8. The Bertz CT molecular complexity index is 564. The monoisotopic (exact) mass is 282 g/mol. The average molecular weight is 282 g/mol. The maximum atomic E-state index is 12.6. The highest BCUT2D eigenvalue weighted by Gasteiger charge is 2.15. The van der Waals surface area contributed by atoms with Gasteiger partial charge in [-0.1, -0.05) is 49.4 Å². The van der Waals surface area contributed by atoms with E-state index in [1.54, 1.807) is 4.90 Å². The molecule has 0 spiro atoms. The fourth-order valence-corrected chi connectivity index (χ4v) is 2.28. The van der Waals surface area contributed by atoms with E-state index in [0.29, 0.717) is 19.6 Å². The summed E-state index contributed by atoms with van der Waals surface area (Å²) >= 11 is 0. The Hall–Kier alpha value is -2.13. The van der Waals surface area contributed by atoms with Crippen molar-refractivity contribution >= 4 is 5.91 Å². The van der Waals surface area contributed by atoms with Gasteiger partial charge in [-0.3, -0.25) is 4.79 Å². The highest BCUT2D eigenvalue weighted by atomic mass is 16.2. The molecular formula is C18H22N2O. The van der Waals surface area contributed by atoms with Crippen LogP contribution < -0.4 is 5.73 Å². The van der Waals surface area contributed by atoms with Gasteiger partial charge in [0.1, 0.15) is 0 Å². The van der Waals surface area contributed by atoms with Crippen molar-refractivity contribution in [2.45, 2.75) is 19.9 Å². The number of benzene rings is 2. The molecule has 0 heterocycles. The van der Waals surface area contributed by atoms with Crippen molar-refractivity contribution in [2.24, 2.45) is 5.73 Å². The van der Waals surface area contributed by atoms with Gasteiger partial charge in [-0.2, -0.15) is 0 Å². The molecule has 2 N–H and O–H groups in total. The summed E-state index contributed by atoms with van der Waals surface area (Å²) < 4.78 is 0. The van der Waals surface area contributed by atoms with E-state index in [1.165, 1.54) is 5.56 Å². The van der Waals surface area contributed by atoms with Crippen LogP contribution in [0.5, 0.6) is 0 Å². The van der Waals surface area contributed by atoms with E-state index in [4.69, 9.17) is 5.73 Å². The first-order valence-corrected chi connectivity index (χ1v) is 7.36. The lowest BCUT2D eigenvalue weighted by Gasteiger charge is -2.22. The van der Waals surface area contributed by atoms with Crippen molar-refractivity contribution in [1.29, 1.82) is 0 Å². The van der Waals surface area contributed by atoms with Crippen LogP contribution in [0.2, 0.25) is 0 Å². The van der Waals surface area contributed by atoms with Crippen LogP contribution in [0.25, 0.3) is 0 Å². The first-order valence-electron chi connectivity index (χ1n) is 7.36. The zero-order chi connectivity index (χ0) is 15.1. The number of hydrogen-bond acceptors (Lipinski definition) is 2. The highest BCUT2D eigenvalue weighted by Crippen LogP contribution is 2.11. The molecule has 0 aromatic heterocycles. The van der Waals surface area contributed by atoms with Gasteiger partial charge < -0.3 is 10.6 Å². The molecule has 2 aromatic rings. The van der Waals surface area contributed by atoms with Crippen LogP contribution in [-0.2, 0) is 13.0 Å². The molecule has 0 bridgehead atoms. The number of aryl methyl sites for hydroxylation is 1. The smallest absolute Gasteiger partial charge is 0.254 e. The van der Waals surface area contributed by atoms with Gasteiger partial charge in [0.25, 0.3) is 5.91 Å². The van der Waals surface area contributed by atoms with Crippen molar-refractivity contribution in [1.82, 2.24) is 4.90 Å². The topological polar surface area (TPSA) is 46.3 Å². The highest BCUT2D eigenvalue weighted by molar-refractivity contribution is 5.94. The number of carbonyl (C=O) groups is 1. The Morgan fingerprint density at radius 3 is 2.24 bits per heavy atom. The molecular weight excluding hydrogens is 260 g/mol. The van der Waals surface area contributed by atoms with Crippen LogP contribution in [0.15, 0.2) is 54.6 Å². The number of nitrogens with zero attached hydrogens (tertiary/aromatic N) is 1. The first kappa shape index (κ1) is 15.3. The number of nitrogens with two attached hydrogens (primary N) is 1. The largest absolute Gasteiger partial charge is 0.333 e. The summed E-state index contributed by atoms with van der Waals surface area (Å²) in [4.78, 5) is 14.4. The number of amides is 1. The average Bonchev–Trinajstić information content (AvgIpc) is 2.55. The summed E-state index contributed by atoms with van der Waals surface area (Å²) in [7, 11) is 0. The van der Waals surface area contributed by atoms with Gasteiger partial charge in [0.15, 0.2) is 0 Å². The minimum Gasteiger partial charge on any atom is -0.333 e. The molecule has 0 fully saturated rings. The molecule has 21 heavy (non-hydrogen) atoms. The zero-order valence-corrected chi connectivity index (χ0v) is 12.5. The van der Waals surface area contributed by atoms with Crippen LogP contribution in [0.3, 0.4) is 0 Å². The third kappa shape index (κ3) is 4.17. The molecule has 2 rings (SSSR count). The van der Waals surface area contributed by atoms with Crippen LogP contribution >= 0.6 is 0 Å². The normalized spacial score (nSPS) is 10.4. The summed E-state index contributed by atoms with van der Waals surface area (Å²) in [6.45, 7) is 3.72. The fourth-order valence-electron chi connectivity index (χ4n) is 2.28. The summed E-state index contributed by atoms with van der Waals surface area (Å²) in [5.41, 5.74) is 8.72. The quantitative estimate of drug-likeness (QED) is 0.885. The molecule has 3 nitrogen and oxygen atoms in total. The molecule has 1 amide bonds. The Kier molecular flexibility index (Phi) is 5.52. The van der Waals surface area contributed by atoms with Gasteiger partial charge >= 0.3 is 0 Å². The van der Waals surface area contributed by atoms with Gasteiger partial charge in [0.2, 0.25) is 0 Å². The van der Waals surface area contributed by atoms with E-state index < -0.39 is 0 Å². The molecule has 0 radical (unpaired) electrons. The van der Waals surface area contributed by atoms with E-state index in [2.05, 4.69) is 6.92 Å². The van der Waals surface area contributed by atoms with Crippen LogP contribution in [0.4, 0.5) is 0 Å². The standard InChI is InChI=1S/C18H22N2O/c1-2-15-8-10-17(11-9-15)18(21)20(13-12-19)14-16-6-4-3-5-7-16/h3-11H,2,12-14,19H2,1H3. The SMILES string of the molecule is CCc1ccc(C(=O)N(CCN)Cc2ccccc2)cc1. The van der Waals surface area contributed by atoms with E-state index in [-0.39, 0.29) is 5.91 Å². The third-order valence-corrected chi connectivity index (χ3v) is 3.51. The van der Waals surface area contributed by atoms with E-state index in [9.17, 15) is 4.79 Å². The molecule has 0 atom stereocenters. The van der Waals surface area contributed by atoms with E-state index in [1.807, 2.05) is 54.6 Å². The third-order valence-electron chi connectivity index (χ3n) is 3.51. The molecule has 0 saturated carbocycles. The van der Waals surface area contributed by atoms with Crippen molar-refractivity contribution in [2.75, 3.05) is 13.1 Å². The molecule has 0 saturated heterocycles. The lowest BCUT2D eigenvalue weighted by atomic mass is 10.1. The van der Waals surface area contributed by atoms with Crippen molar-refractivity contribution in [3.63, 3.8) is 0 Å². The van der Waals surface area contributed by atoms with Gasteiger partial charge in [0, 0.05) is 25.2 Å². The number of hydrogen-bond donors (Lipinski definition) is 1. The van der Waals surface area contributed by atoms with Crippen LogP contribution in [0, 0.1) is 0 Å². The lowest BCUT2D eigenvalue weighted by Crippen LogP contribution is -2.34. The second-order valence-electron chi connectivity index (χ2n) is 5.05. The minimum absolute atomic E-state index is 0.0342. The predicted molar refractivity (Wildman–Crippen MR) is 86.1 cm³/mol. The zero-order valence-electron chi connectivity index (χ0n) is 12.5. The molecule has 0 unspecified atom stereocenters. The molecule has 0 aliphatic carbocycles. The summed E-state index contributed by atoms with van der Waals surface area (Å²) in [5, 5.41) is 0. The van der Waals surface area contributed by atoms with E-state index >= 15 is 0 Å². The Labute approximate surface area is 126 Å². The molecule has 0 aliphatic heterocycles. The van der Waals surface area contributed by atoms with Crippen molar-refractivity contribution in [3.05, 3.63) is 71.3 Å². The fraction of sp³-hybridized carbons (Fsp3) is 0.278. The summed E-state index contributed by atoms with van der Waals surface area (Å²) in [5.74, 6) is 0.0342. The van der Waals surface area contributed by atoms with Crippen molar-refractivity contribution in [3.8, 4) is 0 Å². The summed E-state index contributed by atoms with van der Waals surface area (Å²) in [6.07, 6.45) is 0.977. The second kappa shape index (κ2) is 7.60. The molecule has 0 aliphatic rings. The van der Waals surface area contributed by atoms with Gasteiger partial charge in [-0.05, 0) is 29.7 Å². The number of carbonyl (C=O) groups excluding carboxylic acids is 1. The molecule has 3 heteroatoms. The number of rotatable bonds is 6. The Balaban J connectivity index is 2.14. The molecule has 2 aromatic carbocycles. The maximum absolute atomic E-state index is 12.6. The Morgan fingerprint density at radius 2 is 1.67 bits per heavy atom.